The Labute approximate surface area is 131 Å². The van der Waals surface area contributed by atoms with Crippen molar-refractivity contribution in [3.8, 4) is 5.75 Å². The van der Waals surface area contributed by atoms with Crippen LogP contribution in [0.25, 0.3) is 0 Å². The van der Waals surface area contributed by atoms with E-state index in [1.54, 1.807) is 24.3 Å². The minimum Gasteiger partial charge on any atom is -0.495 e. The first-order chi connectivity index (χ1) is 10.0. The van der Waals surface area contributed by atoms with Gasteiger partial charge in [-0.3, -0.25) is 10.1 Å². The van der Waals surface area contributed by atoms with Gasteiger partial charge >= 0.3 is 0 Å². The number of hydrogen-bond donors (Lipinski definition) is 1. The molecule has 0 bridgehead atoms. The third kappa shape index (κ3) is 3.77. The number of nitro benzene ring substituents is 1. The fourth-order valence-electron chi connectivity index (χ4n) is 1.82. The number of hydrogen-bond acceptors (Lipinski definition) is 4. The summed E-state index contributed by atoms with van der Waals surface area (Å²) in [5.41, 5.74) is 1.21. The Kier molecular flexibility index (Phi) is 4.88. The van der Waals surface area contributed by atoms with Crippen molar-refractivity contribution in [3.63, 3.8) is 0 Å². The molecule has 0 aromatic heterocycles. The van der Waals surface area contributed by atoms with Gasteiger partial charge < -0.3 is 10.1 Å². The van der Waals surface area contributed by atoms with Crippen LogP contribution in [0.2, 0.25) is 10.0 Å². The normalized spacial score (nSPS) is 10.2. The van der Waals surface area contributed by atoms with Crippen LogP contribution in [0.15, 0.2) is 36.4 Å². The molecule has 0 fully saturated rings. The van der Waals surface area contributed by atoms with E-state index in [-0.39, 0.29) is 5.69 Å². The third-order valence-electron chi connectivity index (χ3n) is 2.86. The molecule has 0 aliphatic rings. The van der Waals surface area contributed by atoms with Gasteiger partial charge in [-0.05, 0) is 29.8 Å². The van der Waals surface area contributed by atoms with Crippen LogP contribution in [-0.4, -0.2) is 12.0 Å². The zero-order chi connectivity index (χ0) is 15.4. The maximum Gasteiger partial charge on any atom is 0.293 e. The Morgan fingerprint density at radius 3 is 2.62 bits per heavy atom. The molecule has 0 atom stereocenters. The first-order valence-corrected chi connectivity index (χ1v) is 6.77. The number of nitrogens with zero attached hydrogens (tertiary/aromatic N) is 1. The molecule has 0 aliphatic heterocycles. The Balaban J connectivity index is 2.16. The summed E-state index contributed by atoms with van der Waals surface area (Å²) < 4.78 is 5.07. The van der Waals surface area contributed by atoms with Gasteiger partial charge in [-0.1, -0.05) is 29.3 Å². The molecule has 2 rings (SSSR count). The van der Waals surface area contributed by atoms with E-state index in [0.717, 1.165) is 5.56 Å². The predicted molar refractivity (Wildman–Crippen MR) is 83.4 cm³/mol. The predicted octanol–water partition coefficient (Wildman–Crippen LogP) is 4.52. The summed E-state index contributed by atoms with van der Waals surface area (Å²) in [5.74, 6) is 0.581. The molecule has 0 heterocycles. The van der Waals surface area contributed by atoms with Crippen LogP contribution in [0.1, 0.15) is 5.56 Å². The maximum absolute atomic E-state index is 11.0. The molecule has 7 heteroatoms. The molecule has 0 saturated carbocycles. The fraction of sp³-hybridized carbons (Fsp3) is 0.143. The van der Waals surface area contributed by atoms with Gasteiger partial charge in [0.15, 0.2) is 0 Å². The van der Waals surface area contributed by atoms with Gasteiger partial charge in [0.1, 0.15) is 11.4 Å². The molecule has 0 spiro atoms. The Hall–Kier alpha value is -1.98. The van der Waals surface area contributed by atoms with Crippen LogP contribution in [-0.2, 0) is 6.54 Å². The quantitative estimate of drug-likeness (QED) is 0.648. The lowest BCUT2D eigenvalue weighted by Crippen LogP contribution is -2.02. The zero-order valence-electron chi connectivity index (χ0n) is 11.1. The number of methoxy groups -OCH3 is 1. The van der Waals surface area contributed by atoms with Gasteiger partial charge in [-0.25, -0.2) is 0 Å². The average Bonchev–Trinajstić information content (AvgIpc) is 2.46. The largest absolute Gasteiger partial charge is 0.495 e. The van der Waals surface area contributed by atoms with Crippen LogP contribution in [0.4, 0.5) is 11.4 Å². The van der Waals surface area contributed by atoms with E-state index >= 15 is 0 Å². The van der Waals surface area contributed by atoms with Gasteiger partial charge in [0.2, 0.25) is 0 Å². The highest BCUT2D eigenvalue weighted by Gasteiger charge is 2.14. The van der Waals surface area contributed by atoms with Gasteiger partial charge in [-0.15, -0.1) is 0 Å². The molecule has 21 heavy (non-hydrogen) atoms. The number of halogens is 2. The average molecular weight is 327 g/mol. The SMILES string of the molecule is COc1ccc(CNc2ccc(Cl)cc2[N+](=O)[O-])cc1Cl. The Morgan fingerprint density at radius 2 is 2.00 bits per heavy atom. The number of nitrogens with one attached hydrogen (secondary N) is 1. The van der Waals surface area contributed by atoms with Crippen LogP contribution >= 0.6 is 23.2 Å². The molecule has 0 amide bonds. The Bertz CT molecular complexity index is 677. The van der Waals surface area contributed by atoms with Crippen molar-refractivity contribution in [3.05, 3.63) is 62.1 Å². The molecule has 0 unspecified atom stereocenters. The highest BCUT2D eigenvalue weighted by atomic mass is 35.5. The molecule has 1 N–H and O–H groups in total. The molecule has 5 nitrogen and oxygen atoms in total. The number of rotatable bonds is 5. The molecule has 2 aromatic carbocycles. The van der Waals surface area contributed by atoms with Crippen LogP contribution in [0.5, 0.6) is 5.75 Å². The number of anilines is 1. The lowest BCUT2D eigenvalue weighted by molar-refractivity contribution is -0.383. The smallest absolute Gasteiger partial charge is 0.293 e. The van der Waals surface area contributed by atoms with E-state index in [1.165, 1.54) is 13.2 Å². The lowest BCUT2D eigenvalue weighted by atomic mass is 10.2. The van der Waals surface area contributed by atoms with Crippen LogP contribution in [0, 0.1) is 10.1 Å². The summed E-state index contributed by atoms with van der Waals surface area (Å²) >= 11 is 11.8. The number of ether oxygens (including phenoxy) is 1. The van der Waals surface area contributed by atoms with E-state index in [9.17, 15) is 10.1 Å². The van der Waals surface area contributed by atoms with E-state index in [0.29, 0.717) is 28.0 Å². The number of nitro groups is 1. The molecule has 0 saturated heterocycles. The molecule has 2 aromatic rings. The van der Waals surface area contributed by atoms with Crippen LogP contribution < -0.4 is 10.1 Å². The second-order valence-corrected chi connectivity index (χ2v) is 5.08. The van der Waals surface area contributed by atoms with Crippen molar-refractivity contribution < 1.29 is 9.66 Å². The standard InChI is InChI=1S/C14H12Cl2N2O3/c1-21-14-5-2-9(6-11(14)16)8-17-12-4-3-10(15)7-13(12)18(19)20/h2-7,17H,8H2,1H3. The third-order valence-corrected chi connectivity index (χ3v) is 3.39. The summed E-state index contributed by atoms with van der Waals surface area (Å²) in [5, 5.41) is 14.8. The van der Waals surface area contributed by atoms with Crippen molar-refractivity contribution in [1.82, 2.24) is 0 Å². The second-order valence-electron chi connectivity index (χ2n) is 4.24. The lowest BCUT2D eigenvalue weighted by Gasteiger charge is -2.09. The highest BCUT2D eigenvalue weighted by molar-refractivity contribution is 6.32. The monoisotopic (exact) mass is 326 g/mol. The van der Waals surface area contributed by atoms with Crippen molar-refractivity contribution in [2.45, 2.75) is 6.54 Å². The van der Waals surface area contributed by atoms with Gasteiger partial charge in [0, 0.05) is 17.6 Å². The summed E-state index contributed by atoms with van der Waals surface area (Å²) in [4.78, 5) is 10.5. The molecular formula is C14H12Cl2N2O3. The van der Waals surface area contributed by atoms with Crippen LogP contribution in [0.3, 0.4) is 0 Å². The molecule has 0 aliphatic carbocycles. The van der Waals surface area contributed by atoms with E-state index in [1.807, 2.05) is 6.07 Å². The highest BCUT2D eigenvalue weighted by Crippen LogP contribution is 2.29. The summed E-state index contributed by atoms with van der Waals surface area (Å²) in [6.45, 7) is 0.395. The molecule has 110 valence electrons. The van der Waals surface area contributed by atoms with Crippen molar-refractivity contribution in [2.75, 3.05) is 12.4 Å². The summed E-state index contributed by atoms with van der Waals surface area (Å²) in [7, 11) is 1.54. The Morgan fingerprint density at radius 1 is 1.24 bits per heavy atom. The maximum atomic E-state index is 11.0. The topological polar surface area (TPSA) is 64.4 Å². The first kappa shape index (κ1) is 15.4. The minimum absolute atomic E-state index is 0.0675. The van der Waals surface area contributed by atoms with Crippen molar-refractivity contribution in [2.24, 2.45) is 0 Å². The van der Waals surface area contributed by atoms with E-state index in [2.05, 4.69) is 5.32 Å². The molecule has 0 radical (unpaired) electrons. The van der Waals surface area contributed by atoms with Crippen molar-refractivity contribution in [1.29, 1.82) is 0 Å². The number of benzene rings is 2. The second kappa shape index (κ2) is 6.65. The summed E-state index contributed by atoms with van der Waals surface area (Å²) in [6, 6.07) is 9.80. The van der Waals surface area contributed by atoms with E-state index < -0.39 is 4.92 Å². The van der Waals surface area contributed by atoms with Crippen molar-refractivity contribution >= 4 is 34.6 Å². The minimum atomic E-state index is -0.477. The first-order valence-electron chi connectivity index (χ1n) is 6.01. The van der Waals surface area contributed by atoms with Gasteiger partial charge in [0.05, 0.1) is 17.1 Å². The summed E-state index contributed by atoms with van der Waals surface area (Å²) in [6.07, 6.45) is 0. The van der Waals surface area contributed by atoms with E-state index in [4.69, 9.17) is 27.9 Å². The fourth-order valence-corrected chi connectivity index (χ4v) is 2.27. The van der Waals surface area contributed by atoms with Gasteiger partial charge in [0.25, 0.3) is 5.69 Å². The molecular weight excluding hydrogens is 315 g/mol. The zero-order valence-corrected chi connectivity index (χ0v) is 12.6. The van der Waals surface area contributed by atoms with Gasteiger partial charge in [-0.2, -0.15) is 0 Å².